The molecule has 0 saturated carbocycles. The standard InChI is InChI=1S/C31H35N5O4/c1-2-3-12-26(32)30(38)36-35-24-16-14-22(15-17-24)29(37)34-28(31(39)40-20-21-9-5-4-6-10-21)18-23-19-33-27-13-8-7-11-25(23)27/h4-11,13-17,19,26,28,33,35H,2-3,12,18,20,32H2,1H3,(H,34,37)(H,36,38)/t26-,28-/m0/s1. The quantitative estimate of drug-likeness (QED) is 0.127. The zero-order chi connectivity index (χ0) is 28.3. The molecule has 0 unspecified atom stereocenters. The lowest BCUT2D eigenvalue weighted by molar-refractivity contribution is -0.147. The number of aromatic amines is 1. The molecular weight excluding hydrogens is 506 g/mol. The number of nitrogens with two attached hydrogens (primary N) is 1. The molecule has 3 aromatic carbocycles. The normalized spacial score (nSPS) is 12.3. The Bertz CT molecular complexity index is 1420. The van der Waals surface area contributed by atoms with Crippen molar-refractivity contribution in [2.75, 3.05) is 5.43 Å². The number of amides is 2. The molecule has 9 heteroatoms. The fourth-order valence-electron chi connectivity index (χ4n) is 4.27. The number of ether oxygens (including phenoxy) is 1. The van der Waals surface area contributed by atoms with Gasteiger partial charge in [-0.3, -0.25) is 20.4 Å². The molecule has 0 radical (unpaired) electrons. The van der Waals surface area contributed by atoms with Gasteiger partial charge < -0.3 is 20.8 Å². The first-order chi connectivity index (χ1) is 19.4. The van der Waals surface area contributed by atoms with Gasteiger partial charge in [-0.2, -0.15) is 0 Å². The van der Waals surface area contributed by atoms with Crippen LogP contribution >= 0.6 is 0 Å². The zero-order valence-electron chi connectivity index (χ0n) is 22.5. The summed E-state index contributed by atoms with van der Waals surface area (Å²) in [4.78, 5) is 41.7. The zero-order valence-corrected chi connectivity index (χ0v) is 22.5. The van der Waals surface area contributed by atoms with E-state index in [0.717, 1.165) is 34.9 Å². The van der Waals surface area contributed by atoms with Crippen LogP contribution in [-0.4, -0.2) is 34.9 Å². The van der Waals surface area contributed by atoms with Crippen molar-refractivity contribution in [2.45, 2.75) is 51.3 Å². The van der Waals surface area contributed by atoms with Crippen molar-refractivity contribution in [2.24, 2.45) is 5.73 Å². The highest BCUT2D eigenvalue weighted by molar-refractivity contribution is 5.97. The minimum atomic E-state index is -0.905. The summed E-state index contributed by atoms with van der Waals surface area (Å²) in [6, 6.07) is 22.2. The van der Waals surface area contributed by atoms with Gasteiger partial charge in [0.25, 0.3) is 11.8 Å². The van der Waals surface area contributed by atoms with Crippen LogP contribution in [0, 0.1) is 0 Å². The average molecular weight is 542 g/mol. The van der Waals surface area contributed by atoms with Crippen LogP contribution in [0.25, 0.3) is 10.9 Å². The molecule has 208 valence electrons. The van der Waals surface area contributed by atoms with Crippen LogP contribution < -0.4 is 21.9 Å². The molecule has 6 N–H and O–H groups in total. The van der Waals surface area contributed by atoms with Gasteiger partial charge in [-0.25, -0.2) is 4.79 Å². The van der Waals surface area contributed by atoms with Crippen LogP contribution in [-0.2, 0) is 27.4 Å². The van der Waals surface area contributed by atoms with E-state index < -0.39 is 24.0 Å². The molecule has 0 aliphatic carbocycles. The van der Waals surface area contributed by atoms with Gasteiger partial charge in [-0.15, -0.1) is 0 Å². The second-order valence-corrected chi connectivity index (χ2v) is 9.62. The Balaban J connectivity index is 1.41. The maximum absolute atomic E-state index is 13.2. The number of aromatic nitrogens is 1. The minimum absolute atomic E-state index is 0.105. The summed E-state index contributed by atoms with van der Waals surface area (Å²) in [5, 5.41) is 3.82. The number of unbranched alkanes of at least 4 members (excludes halogenated alkanes) is 1. The topological polar surface area (TPSA) is 138 Å². The van der Waals surface area contributed by atoms with E-state index in [0.29, 0.717) is 17.7 Å². The average Bonchev–Trinajstić information content (AvgIpc) is 3.40. The highest BCUT2D eigenvalue weighted by Gasteiger charge is 2.25. The summed E-state index contributed by atoms with van der Waals surface area (Å²) in [5.74, 6) is -1.24. The molecule has 0 saturated heterocycles. The number of H-pyrrole nitrogens is 1. The van der Waals surface area contributed by atoms with Gasteiger partial charge in [0.2, 0.25) is 0 Å². The number of benzene rings is 3. The maximum atomic E-state index is 13.2. The second kappa shape index (κ2) is 14.0. The van der Waals surface area contributed by atoms with Crippen molar-refractivity contribution < 1.29 is 19.1 Å². The highest BCUT2D eigenvalue weighted by atomic mass is 16.5. The number of hydrogen-bond donors (Lipinski definition) is 5. The third-order valence-corrected chi connectivity index (χ3v) is 6.60. The van der Waals surface area contributed by atoms with Gasteiger partial charge in [-0.1, -0.05) is 68.3 Å². The summed E-state index contributed by atoms with van der Waals surface area (Å²) in [6.07, 6.45) is 4.55. The molecular formula is C31H35N5O4. The molecule has 4 aromatic rings. The second-order valence-electron chi connectivity index (χ2n) is 9.62. The van der Waals surface area contributed by atoms with Crippen molar-refractivity contribution in [3.05, 3.63) is 102 Å². The Hall–Kier alpha value is -4.63. The van der Waals surface area contributed by atoms with Crippen molar-refractivity contribution >= 4 is 34.4 Å². The molecule has 1 aromatic heterocycles. The lowest BCUT2D eigenvalue weighted by atomic mass is 10.0. The molecule has 0 bridgehead atoms. The summed E-state index contributed by atoms with van der Waals surface area (Å²) < 4.78 is 5.58. The molecule has 0 aliphatic rings. The fourth-order valence-corrected chi connectivity index (χ4v) is 4.27. The summed E-state index contributed by atoms with van der Waals surface area (Å²) in [6.45, 7) is 2.15. The molecule has 2 atom stereocenters. The number of esters is 1. The van der Waals surface area contributed by atoms with E-state index in [2.05, 4.69) is 21.2 Å². The number of hydrogen-bond acceptors (Lipinski definition) is 6. The van der Waals surface area contributed by atoms with E-state index in [-0.39, 0.29) is 18.9 Å². The first-order valence-electron chi connectivity index (χ1n) is 13.4. The first-order valence-corrected chi connectivity index (χ1v) is 13.4. The minimum Gasteiger partial charge on any atom is -0.459 e. The van der Waals surface area contributed by atoms with E-state index in [1.54, 1.807) is 24.3 Å². The van der Waals surface area contributed by atoms with Crippen LogP contribution in [0.5, 0.6) is 0 Å². The van der Waals surface area contributed by atoms with Crippen molar-refractivity contribution in [3.63, 3.8) is 0 Å². The fraction of sp³-hybridized carbons (Fsp3) is 0.258. The number of nitrogens with one attached hydrogen (secondary N) is 4. The Morgan fingerprint density at radius 2 is 1.68 bits per heavy atom. The maximum Gasteiger partial charge on any atom is 0.329 e. The molecule has 0 fully saturated rings. The molecule has 40 heavy (non-hydrogen) atoms. The predicted molar refractivity (Wildman–Crippen MR) is 155 cm³/mol. The van der Waals surface area contributed by atoms with E-state index in [4.69, 9.17) is 10.5 Å². The Morgan fingerprint density at radius 3 is 2.42 bits per heavy atom. The van der Waals surface area contributed by atoms with Gasteiger partial charge in [0.15, 0.2) is 0 Å². The first kappa shape index (κ1) is 28.4. The van der Waals surface area contributed by atoms with E-state index >= 15 is 0 Å². The number of rotatable bonds is 13. The van der Waals surface area contributed by atoms with E-state index in [1.165, 1.54) is 0 Å². The van der Waals surface area contributed by atoms with E-state index in [9.17, 15) is 14.4 Å². The highest BCUT2D eigenvalue weighted by Crippen LogP contribution is 2.20. The Labute approximate surface area is 233 Å². The van der Waals surface area contributed by atoms with Crippen LogP contribution in [0.1, 0.15) is 47.7 Å². The van der Waals surface area contributed by atoms with Crippen LogP contribution in [0.15, 0.2) is 85.1 Å². The Kier molecular flexibility index (Phi) is 9.90. The number of hydrazine groups is 1. The summed E-state index contributed by atoms with van der Waals surface area (Å²) in [5.41, 5.74) is 14.9. The van der Waals surface area contributed by atoms with Gasteiger partial charge in [-0.05, 0) is 47.9 Å². The van der Waals surface area contributed by atoms with Gasteiger partial charge >= 0.3 is 5.97 Å². The van der Waals surface area contributed by atoms with Crippen molar-refractivity contribution in [1.82, 2.24) is 15.7 Å². The predicted octanol–water partition coefficient (Wildman–Crippen LogP) is 4.21. The van der Waals surface area contributed by atoms with Gasteiger partial charge in [0.05, 0.1) is 11.7 Å². The smallest absolute Gasteiger partial charge is 0.329 e. The van der Waals surface area contributed by atoms with Crippen molar-refractivity contribution in [3.8, 4) is 0 Å². The number of para-hydroxylation sites is 1. The Morgan fingerprint density at radius 1 is 0.950 bits per heavy atom. The lowest BCUT2D eigenvalue weighted by Gasteiger charge is -2.18. The molecule has 0 spiro atoms. The number of carbonyl (C=O) groups excluding carboxylic acids is 3. The largest absolute Gasteiger partial charge is 0.459 e. The van der Waals surface area contributed by atoms with Crippen LogP contribution in [0.3, 0.4) is 0 Å². The van der Waals surface area contributed by atoms with Crippen LogP contribution in [0.4, 0.5) is 5.69 Å². The monoisotopic (exact) mass is 541 g/mol. The molecule has 2 amide bonds. The van der Waals surface area contributed by atoms with Crippen LogP contribution in [0.2, 0.25) is 0 Å². The summed E-state index contributed by atoms with van der Waals surface area (Å²) in [7, 11) is 0. The van der Waals surface area contributed by atoms with E-state index in [1.807, 2.05) is 67.7 Å². The molecule has 4 rings (SSSR count). The molecule has 0 aliphatic heterocycles. The third kappa shape index (κ3) is 7.70. The molecule has 9 nitrogen and oxygen atoms in total. The van der Waals surface area contributed by atoms with Gasteiger partial charge in [0.1, 0.15) is 12.6 Å². The lowest BCUT2D eigenvalue weighted by Crippen LogP contribution is -2.43. The molecule has 1 heterocycles. The third-order valence-electron chi connectivity index (χ3n) is 6.60. The number of fused-ring (bicyclic) bond motifs is 1. The number of anilines is 1. The van der Waals surface area contributed by atoms with Crippen molar-refractivity contribution in [1.29, 1.82) is 0 Å². The van der Waals surface area contributed by atoms with Gasteiger partial charge in [0, 0.05) is 29.1 Å². The number of carbonyl (C=O) groups is 3. The summed E-state index contributed by atoms with van der Waals surface area (Å²) >= 11 is 0. The SMILES string of the molecule is CCCC[C@H](N)C(=O)NNc1ccc(C(=O)N[C@@H](Cc2c[nH]c3ccccc23)C(=O)OCc2ccccc2)cc1.